The van der Waals surface area contributed by atoms with Crippen molar-refractivity contribution in [1.29, 1.82) is 0 Å². The second-order valence-corrected chi connectivity index (χ2v) is 6.13. The van der Waals surface area contributed by atoms with Crippen LogP contribution >= 0.6 is 11.3 Å². The van der Waals surface area contributed by atoms with Crippen molar-refractivity contribution in [3.63, 3.8) is 0 Å². The lowest BCUT2D eigenvalue weighted by molar-refractivity contribution is 0.403. The van der Waals surface area contributed by atoms with Crippen molar-refractivity contribution in [3.05, 3.63) is 22.4 Å². The Morgan fingerprint density at radius 2 is 2.41 bits per heavy atom. The summed E-state index contributed by atoms with van der Waals surface area (Å²) in [6.07, 6.45) is 6.76. The normalized spacial score (nSPS) is 23.2. The molecule has 2 nitrogen and oxygen atoms in total. The van der Waals surface area contributed by atoms with Gasteiger partial charge in [-0.2, -0.15) is 0 Å². The molecule has 0 saturated carbocycles. The van der Waals surface area contributed by atoms with E-state index in [0.717, 1.165) is 12.6 Å². The van der Waals surface area contributed by atoms with Gasteiger partial charge in [-0.25, -0.2) is 0 Å². The highest BCUT2D eigenvalue weighted by Gasteiger charge is 2.14. The van der Waals surface area contributed by atoms with E-state index in [9.17, 15) is 0 Å². The van der Waals surface area contributed by atoms with Crippen LogP contribution in [0.4, 0.5) is 0 Å². The standard InChI is InChI=1S/C14H24N2S/c1-12(16-11-14-7-5-9-17-14)10-13-6-3-2-4-8-15-13/h5,7,9,12-13,15-16H,2-4,6,8,10-11H2,1H3. The number of nitrogens with one attached hydrogen (secondary N) is 2. The van der Waals surface area contributed by atoms with Crippen molar-refractivity contribution in [1.82, 2.24) is 10.6 Å². The molecule has 1 fully saturated rings. The third kappa shape index (κ3) is 4.78. The molecular formula is C14H24N2S. The maximum atomic E-state index is 3.67. The lowest BCUT2D eigenvalue weighted by atomic mass is 10.0. The van der Waals surface area contributed by atoms with Crippen molar-refractivity contribution in [2.24, 2.45) is 0 Å². The molecule has 2 rings (SSSR count). The van der Waals surface area contributed by atoms with Gasteiger partial charge in [0.1, 0.15) is 0 Å². The van der Waals surface area contributed by atoms with Crippen LogP contribution in [0.2, 0.25) is 0 Å². The van der Waals surface area contributed by atoms with E-state index >= 15 is 0 Å². The maximum absolute atomic E-state index is 3.67. The largest absolute Gasteiger partial charge is 0.314 e. The molecule has 0 bridgehead atoms. The van der Waals surface area contributed by atoms with E-state index in [1.165, 1.54) is 43.5 Å². The first-order valence-corrected chi connectivity index (χ1v) is 7.71. The average molecular weight is 252 g/mol. The van der Waals surface area contributed by atoms with Gasteiger partial charge in [0, 0.05) is 23.5 Å². The van der Waals surface area contributed by atoms with Gasteiger partial charge < -0.3 is 10.6 Å². The van der Waals surface area contributed by atoms with Crippen LogP contribution in [-0.4, -0.2) is 18.6 Å². The van der Waals surface area contributed by atoms with Crippen molar-refractivity contribution < 1.29 is 0 Å². The lowest BCUT2D eigenvalue weighted by Gasteiger charge is -2.21. The zero-order valence-corrected chi connectivity index (χ0v) is 11.6. The summed E-state index contributed by atoms with van der Waals surface area (Å²) in [7, 11) is 0. The van der Waals surface area contributed by atoms with Gasteiger partial charge >= 0.3 is 0 Å². The highest BCUT2D eigenvalue weighted by atomic mass is 32.1. The van der Waals surface area contributed by atoms with Crippen molar-refractivity contribution in [2.75, 3.05) is 6.54 Å². The van der Waals surface area contributed by atoms with Gasteiger partial charge in [-0.15, -0.1) is 11.3 Å². The maximum Gasteiger partial charge on any atom is 0.0302 e. The first-order chi connectivity index (χ1) is 8.34. The van der Waals surface area contributed by atoms with E-state index in [0.29, 0.717) is 6.04 Å². The molecule has 2 N–H and O–H groups in total. The topological polar surface area (TPSA) is 24.1 Å². The summed E-state index contributed by atoms with van der Waals surface area (Å²) in [5.74, 6) is 0. The summed E-state index contributed by atoms with van der Waals surface area (Å²) < 4.78 is 0. The molecule has 1 aliphatic heterocycles. The molecule has 2 heterocycles. The third-order valence-corrected chi connectivity index (χ3v) is 4.38. The zero-order chi connectivity index (χ0) is 11.9. The fourth-order valence-electron chi connectivity index (χ4n) is 2.50. The van der Waals surface area contributed by atoms with E-state index in [1.54, 1.807) is 0 Å². The first-order valence-electron chi connectivity index (χ1n) is 6.84. The van der Waals surface area contributed by atoms with Crippen LogP contribution in [0.25, 0.3) is 0 Å². The Bertz CT molecular complexity index is 289. The molecule has 96 valence electrons. The van der Waals surface area contributed by atoms with E-state index in [1.807, 2.05) is 11.3 Å². The highest BCUT2D eigenvalue weighted by molar-refractivity contribution is 7.09. The van der Waals surface area contributed by atoms with Crippen molar-refractivity contribution in [3.8, 4) is 0 Å². The minimum atomic E-state index is 0.604. The molecule has 1 saturated heterocycles. The van der Waals surface area contributed by atoms with E-state index < -0.39 is 0 Å². The van der Waals surface area contributed by atoms with Gasteiger partial charge in [-0.05, 0) is 44.2 Å². The molecule has 0 radical (unpaired) electrons. The zero-order valence-electron chi connectivity index (χ0n) is 10.7. The summed E-state index contributed by atoms with van der Waals surface area (Å²) in [5, 5.41) is 9.44. The monoisotopic (exact) mass is 252 g/mol. The molecule has 0 amide bonds. The summed E-state index contributed by atoms with van der Waals surface area (Å²) in [6, 6.07) is 5.66. The van der Waals surface area contributed by atoms with Gasteiger partial charge in [-0.3, -0.25) is 0 Å². The summed E-state index contributed by atoms with van der Waals surface area (Å²) >= 11 is 1.84. The Hall–Kier alpha value is -0.380. The third-order valence-electron chi connectivity index (χ3n) is 3.51. The smallest absolute Gasteiger partial charge is 0.0302 e. The van der Waals surface area contributed by atoms with Crippen molar-refractivity contribution in [2.45, 2.75) is 57.7 Å². The van der Waals surface area contributed by atoms with Crippen LogP contribution in [-0.2, 0) is 6.54 Å². The molecule has 1 aliphatic rings. The SMILES string of the molecule is CC(CC1CCCCCN1)NCc1cccs1. The number of hydrogen-bond acceptors (Lipinski definition) is 3. The molecule has 2 atom stereocenters. The fraction of sp³-hybridized carbons (Fsp3) is 0.714. The molecule has 1 aromatic heterocycles. The lowest BCUT2D eigenvalue weighted by Crippen LogP contribution is -2.36. The second-order valence-electron chi connectivity index (χ2n) is 5.10. The molecule has 0 spiro atoms. The molecular weight excluding hydrogens is 228 g/mol. The van der Waals surface area contributed by atoms with Gasteiger partial charge in [-0.1, -0.05) is 18.9 Å². The molecule has 1 aromatic rings. The Labute approximate surface area is 109 Å². The van der Waals surface area contributed by atoms with Gasteiger partial charge in [0.2, 0.25) is 0 Å². The van der Waals surface area contributed by atoms with E-state index in [2.05, 4.69) is 35.1 Å². The Kier molecular flexibility index (Phi) is 5.49. The highest BCUT2D eigenvalue weighted by Crippen LogP contribution is 2.13. The van der Waals surface area contributed by atoms with Crippen LogP contribution < -0.4 is 10.6 Å². The van der Waals surface area contributed by atoms with Crippen LogP contribution in [0.5, 0.6) is 0 Å². The number of thiophene rings is 1. The quantitative estimate of drug-likeness (QED) is 0.841. The Morgan fingerprint density at radius 3 is 3.24 bits per heavy atom. The molecule has 0 aromatic carbocycles. The number of rotatable bonds is 5. The fourth-order valence-corrected chi connectivity index (χ4v) is 3.16. The first kappa shape index (κ1) is 13.1. The minimum absolute atomic E-state index is 0.604. The molecule has 17 heavy (non-hydrogen) atoms. The summed E-state index contributed by atoms with van der Waals surface area (Å²) in [6.45, 7) is 4.54. The van der Waals surface area contributed by atoms with Gasteiger partial charge in [0.05, 0.1) is 0 Å². The van der Waals surface area contributed by atoms with E-state index in [4.69, 9.17) is 0 Å². The molecule has 0 aliphatic carbocycles. The Morgan fingerprint density at radius 1 is 1.47 bits per heavy atom. The summed E-state index contributed by atoms with van der Waals surface area (Å²) in [5.41, 5.74) is 0. The molecule has 2 unspecified atom stereocenters. The number of hydrogen-bond donors (Lipinski definition) is 2. The Balaban J connectivity index is 1.67. The average Bonchev–Trinajstić information content (AvgIpc) is 2.72. The van der Waals surface area contributed by atoms with Crippen LogP contribution in [0.3, 0.4) is 0 Å². The molecule has 3 heteroatoms. The second kappa shape index (κ2) is 7.14. The van der Waals surface area contributed by atoms with Crippen molar-refractivity contribution >= 4 is 11.3 Å². The van der Waals surface area contributed by atoms with Gasteiger partial charge in [0.25, 0.3) is 0 Å². The van der Waals surface area contributed by atoms with Crippen LogP contribution in [0.15, 0.2) is 17.5 Å². The summed E-state index contributed by atoms with van der Waals surface area (Å²) in [4.78, 5) is 1.44. The van der Waals surface area contributed by atoms with E-state index in [-0.39, 0.29) is 0 Å². The van der Waals surface area contributed by atoms with Gasteiger partial charge in [0.15, 0.2) is 0 Å². The van der Waals surface area contributed by atoms with Crippen LogP contribution in [0, 0.1) is 0 Å². The van der Waals surface area contributed by atoms with Crippen LogP contribution in [0.1, 0.15) is 43.9 Å². The predicted molar refractivity (Wildman–Crippen MR) is 75.5 cm³/mol. The predicted octanol–water partition coefficient (Wildman–Crippen LogP) is 3.15. The minimum Gasteiger partial charge on any atom is -0.314 e.